The molecule has 0 bridgehead atoms. The van der Waals surface area contributed by atoms with Gasteiger partial charge in [0.15, 0.2) is 0 Å². The minimum atomic E-state index is -0.362. The Kier molecular flexibility index (Phi) is 4.49. The van der Waals surface area contributed by atoms with E-state index in [9.17, 15) is 9.18 Å². The lowest BCUT2D eigenvalue weighted by Crippen LogP contribution is -2.04. The van der Waals surface area contributed by atoms with E-state index in [4.69, 9.17) is 4.74 Å². The Morgan fingerprint density at radius 1 is 1.19 bits per heavy atom. The molecule has 4 rings (SSSR count). The third kappa shape index (κ3) is 3.00. The number of carbonyl (C=O) groups is 1. The van der Waals surface area contributed by atoms with E-state index < -0.39 is 0 Å². The van der Waals surface area contributed by atoms with Gasteiger partial charge in [-0.15, -0.1) is 0 Å². The Hall–Kier alpha value is -2.62. The van der Waals surface area contributed by atoms with Crippen molar-refractivity contribution in [2.45, 2.75) is 38.5 Å². The molecule has 0 amide bonds. The summed E-state index contributed by atoms with van der Waals surface area (Å²) in [6.07, 6.45) is 4.58. The molecule has 0 unspecified atom stereocenters. The molecule has 1 aromatic heterocycles. The van der Waals surface area contributed by atoms with Crippen LogP contribution < -0.4 is 0 Å². The van der Waals surface area contributed by atoms with Gasteiger partial charge in [0.1, 0.15) is 11.5 Å². The van der Waals surface area contributed by atoms with Gasteiger partial charge in [-0.2, -0.15) is 0 Å². The third-order valence-electron chi connectivity index (χ3n) is 5.24. The van der Waals surface area contributed by atoms with E-state index in [0.717, 1.165) is 35.0 Å². The average Bonchev–Trinajstić information content (AvgIpc) is 3.31. The van der Waals surface area contributed by atoms with E-state index in [-0.39, 0.29) is 11.8 Å². The molecule has 0 radical (unpaired) electrons. The van der Waals surface area contributed by atoms with E-state index in [0.29, 0.717) is 23.6 Å². The van der Waals surface area contributed by atoms with E-state index >= 15 is 0 Å². The van der Waals surface area contributed by atoms with Gasteiger partial charge in [-0.1, -0.05) is 37.1 Å². The maximum atomic E-state index is 14.6. The van der Waals surface area contributed by atoms with Crippen LogP contribution in [0, 0.1) is 5.82 Å². The maximum absolute atomic E-state index is 14.6. The van der Waals surface area contributed by atoms with Crippen LogP contribution in [-0.2, 0) is 4.74 Å². The highest BCUT2D eigenvalue weighted by Gasteiger charge is 2.25. The quantitative estimate of drug-likeness (QED) is 0.603. The fourth-order valence-corrected chi connectivity index (χ4v) is 4.00. The summed E-state index contributed by atoms with van der Waals surface area (Å²) in [5, 5.41) is 1.46. The predicted molar refractivity (Wildman–Crippen MR) is 101 cm³/mol. The van der Waals surface area contributed by atoms with Gasteiger partial charge in [-0.25, -0.2) is 9.18 Å². The van der Waals surface area contributed by atoms with E-state index in [1.54, 1.807) is 19.1 Å². The van der Waals surface area contributed by atoms with Crippen LogP contribution in [0.1, 0.15) is 54.6 Å². The van der Waals surface area contributed by atoms with Crippen LogP contribution in [-0.4, -0.2) is 17.6 Å². The number of benzene rings is 2. The summed E-state index contributed by atoms with van der Waals surface area (Å²) in [5.41, 5.74) is 3.15. The van der Waals surface area contributed by atoms with Crippen molar-refractivity contribution in [3.63, 3.8) is 0 Å². The Labute approximate surface area is 152 Å². The van der Waals surface area contributed by atoms with Gasteiger partial charge in [0.05, 0.1) is 6.61 Å². The molecule has 0 spiro atoms. The van der Waals surface area contributed by atoms with Crippen LogP contribution in [0.15, 0.2) is 42.5 Å². The summed E-state index contributed by atoms with van der Waals surface area (Å²) in [6, 6.07) is 12.9. The summed E-state index contributed by atoms with van der Waals surface area (Å²) in [7, 11) is 0. The lowest BCUT2D eigenvalue weighted by molar-refractivity contribution is 0.0520. The molecular weight excluding hydrogens is 329 g/mol. The first-order chi connectivity index (χ1) is 12.7. The van der Waals surface area contributed by atoms with Crippen molar-refractivity contribution in [1.29, 1.82) is 0 Å². The molecule has 1 heterocycles. The van der Waals surface area contributed by atoms with Gasteiger partial charge in [0, 0.05) is 16.6 Å². The first-order valence-electron chi connectivity index (χ1n) is 9.26. The largest absolute Gasteiger partial charge is 0.461 e. The predicted octanol–water partition coefficient (Wildman–Crippen LogP) is 5.81. The van der Waals surface area contributed by atoms with Crippen molar-refractivity contribution in [3.05, 3.63) is 59.5 Å². The zero-order valence-electron chi connectivity index (χ0n) is 14.8. The Bertz CT molecular complexity index is 954. The van der Waals surface area contributed by atoms with Gasteiger partial charge in [0.25, 0.3) is 0 Å². The summed E-state index contributed by atoms with van der Waals surface area (Å²) in [5.74, 6) is -0.207. The molecule has 134 valence electrons. The van der Waals surface area contributed by atoms with Crippen molar-refractivity contribution in [3.8, 4) is 11.3 Å². The summed E-state index contributed by atoms with van der Waals surface area (Å²) < 4.78 is 19.8. The number of fused-ring (bicyclic) bond motifs is 1. The Morgan fingerprint density at radius 2 is 1.96 bits per heavy atom. The van der Waals surface area contributed by atoms with Crippen molar-refractivity contribution in [1.82, 2.24) is 4.98 Å². The minimum absolute atomic E-state index is 0.247. The number of carbonyl (C=O) groups excluding carboxylic acids is 1. The standard InChI is InChI=1S/C22H22FNO2/c1-2-26-22(25)20-13-18(14-7-3-4-8-14)21(24-20)16-11-15-9-5-6-10-17(15)19(23)12-16/h5-6,9-14,24H,2-4,7-8H2,1H3. The van der Waals surface area contributed by atoms with Gasteiger partial charge in [-0.05, 0) is 54.8 Å². The number of ether oxygens (including phenoxy) is 1. The van der Waals surface area contributed by atoms with Gasteiger partial charge >= 0.3 is 5.97 Å². The molecule has 1 fully saturated rings. The molecule has 1 aliphatic rings. The van der Waals surface area contributed by atoms with Crippen LogP contribution in [0.2, 0.25) is 0 Å². The SMILES string of the molecule is CCOC(=O)c1cc(C2CCCC2)c(-c2cc(F)c3ccccc3c2)[nH]1. The van der Waals surface area contributed by atoms with Crippen molar-refractivity contribution < 1.29 is 13.9 Å². The molecule has 0 atom stereocenters. The van der Waals surface area contributed by atoms with Crippen molar-refractivity contribution in [2.75, 3.05) is 6.61 Å². The number of hydrogen-bond acceptors (Lipinski definition) is 2. The lowest BCUT2D eigenvalue weighted by Gasteiger charge is -2.12. The highest BCUT2D eigenvalue weighted by atomic mass is 19.1. The minimum Gasteiger partial charge on any atom is -0.461 e. The summed E-state index contributed by atoms with van der Waals surface area (Å²) >= 11 is 0. The second-order valence-corrected chi connectivity index (χ2v) is 6.89. The second kappa shape index (κ2) is 6.94. The lowest BCUT2D eigenvalue weighted by atomic mass is 9.94. The van der Waals surface area contributed by atoms with E-state index in [2.05, 4.69) is 4.98 Å². The number of rotatable bonds is 4. The van der Waals surface area contributed by atoms with Crippen LogP contribution in [0.4, 0.5) is 4.39 Å². The van der Waals surface area contributed by atoms with Crippen LogP contribution in [0.5, 0.6) is 0 Å². The molecule has 0 aliphatic heterocycles. The van der Waals surface area contributed by atoms with Crippen molar-refractivity contribution in [2.24, 2.45) is 0 Å². The number of nitrogens with one attached hydrogen (secondary N) is 1. The molecule has 1 saturated carbocycles. The fraction of sp³-hybridized carbons (Fsp3) is 0.318. The highest BCUT2D eigenvalue weighted by Crippen LogP contribution is 2.40. The van der Waals surface area contributed by atoms with Gasteiger partial charge in [0.2, 0.25) is 0 Å². The van der Waals surface area contributed by atoms with Crippen molar-refractivity contribution >= 4 is 16.7 Å². The topological polar surface area (TPSA) is 42.1 Å². The first kappa shape index (κ1) is 16.8. The monoisotopic (exact) mass is 351 g/mol. The number of halogens is 1. The average molecular weight is 351 g/mol. The summed E-state index contributed by atoms with van der Waals surface area (Å²) in [4.78, 5) is 15.4. The fourth-order valence-electron chi connectivity index (χ4n) is 4.00. The molecule has 26 heavy (non-hydrogen) atoms. The number of H-pyrrole nitrogens is 1. The third-order valence-corrected chi connectivity index (χ3v) is 5.24. The zero-order valence-corrected chi connectivity index (χ0v) is 14.8. The molecule has 1 N–H and O–H groups in total. The Morgan fingerprint density at radius 3 is 2.73 bits per heavy atom. The van der Waals surface area contributed by atoms with Crippen LogP contribution >= 0.6 is 0 Å². The summed E-state index contributed by atoms with van der Waals surface area (Å²) in [6.45, 7) is 2.12. The molecular formula is C22H22FNO2. The molecule has 4 heteroatoms. The first-order valence-corrected chi connectivity index (χ1v) is 9.26. The molecule has 2 aromatic carbocycles. The number of esters is 1. The number of aromatic amines is 1. The molecule has 0 saturated heterocycles. The van der Waals surface area contributed by atoms with Crippen LogP contribution in [0.3, 0.4) is 0 Å². The van der Waals surface area contributed by atoms with E-state index in [1.165, 1.54) is 12.8 Å². The molecule has 1 aliphatic carbocycles. The second-order valence-electron chi connectivity index (χ2n) is 6.89. The number of hydrogen-bond donors (Lipinski definition) is 1. The number of aromatic nitrogens is 1. The van der Waals surface area contributed by atoms with E-state index in [1.807, 2.05) is 30.3 Å². The zero-order chi connectivity index (χ0) is 18.1. The smallest absolute Gasteiger partial charge is 0.354 e. The Balaban J connectivity index is 1.85. The molecule has 3 aromatic rings. The maximum Gasteiger partial charge on any atom is 0.354 e. The van der Waals surface area contributed by atoms with Crippen LogP contribution in [0.25, 0.3) is 22.0 Å². The van der Waals surface area contributed by atoms with Gasteiger partial charge < -0.3 is 9.72 Å². The van der Waals surface area contributed by atoms with Gasteiger partial charge in [-0.3, -0.25) is 0 Å². The molecule has 3 nitrogen and oxygen atoms in total. The highest BCUT2D eigenvalue weighted by molar-refractivity contribution is 5.91. The normalized spacial score (nSPS) is 14.8.